The summed E-state index contributed by atoms with van der Waals surface area (Å²) >= 11 is 0. The van der Waals surface area contributed by atoms with Gasteiger partial charge in [-0.1, -0.05) is 150 Å². The molecule has 2 nitrogen and oxygen atoms in total. The third-order valence-corrected chi connectivity index (χ3v) is 14.0. The van der Waals surface area contributed by atoms with Gasteiger partial charge in [-0.25, -0.2) is 0 Å². The van der Waals surface area contributed by atoms with Crippen molar-refractivity contribution in [2.24, 2.45) is 46.3 Å². The second-order valence-corrected chi connectivity index (χ2v) is 17.6. The van der Waals surface area contributed by atoms with Crippen LogP contribution in [-0.4, -0.2) is 12.1 Å². The molecule has 3 fully saturated rings. The molecule has 260 valence electrons. The molecule has 0 spiro atoms. The van der Waals surface area contributed by atoms with E-state index in [1.807, 2.05) is 0 Å². The average molecular weight is 627 g/mol. The molecule has 4 aliphatic rings. The molecule has 0 unspecified atom stereocenters. The number of unbranched alkanes of at least 4 members (excludes halogenated alkanes) is 12. The van der Waals surface area contributed by atoms with Crippen LogP contribution in [0.25, 0.3) is 0 Å². The Morgan fingerprint density at radius 1 is 0.778 bits per heavy atom. The Hall–Kier alpha value is -0.790. The van der Waals surface area contributed by atoms with Crippen LogP contribution in [0.5, 0.6) is 0 Å². The van der Waals surface area contributed by atoms with Gasteiger partial charge in [0.1, 0.15) is 6.10 Å². The van der Waals surface area contributed by atoms with Gasteiger partial charge in [-0.2, -0.15) is 0 Å². The highest BCUT2D eigenvalue weighted by molar-refractivity contribution is 5.69. The number of allylic oxidation sites excluding steroid dienone is 1. The van der Waals surface area contributed by atoms with E-state index in [1.165, 1.54) is 135 Å². The minimum Gasteiger partial charge on any atom is -0.462 e. The van der Waals surface area contributed by atoms with E-state index in [-0.39, 0.29) is 12.1 Å². The van der Waals surface area contributed by atoms with E-state index >= 15 is 0 Å². The summed E-state index contributed by atoms with van der Waals surface area (Å²) in [6.07, 6.45) is 35.4. The minimum atomic E-state index is 0.0638. The summed E-state index contributed by atoms with van der Waals surface area (Å²) in [5.41, 5.74) is 2.54. The number of ether oxygens (including phenoxy) is 1. The lowest BCUT2D eigenvalue weighted by atomic mass is 9.47. The molecule has 0 amide bonds. The summed E-state index contributed by atoms with van der Waals surface area (Å²) in [4.78, 5) is 12.8. The molecule has 4 rings (SSSR count). The summed E-state index contributed by atoms with van der Waals surface area (Å²) in [7, 11) is 0. The van der Waals surface area contributed by atoms with Gasteiger partial charge in [0.2, 0.25) is 0 Å². The maximum atomic E-state index is 12.8. The smallest absolute Gasteiger partial charge is 0.306 e. The van der Waals surface area contributed by atoms with Gasteiger partial charge in [0, 0.05) is 12.8 Å². The zero-order valence-electron chi connectivity index (χ0n) is 31.1. The molecule has 0 N–H and O–H groups in total. The molecule has 8 atom stereocenters. The first-order valence-corrected chi connectivity index (χ1v) is 20.6. The molecule has 45 heavy (non-hydrogen) atoms. The fourth-order valence-electron chi connectivity index (χ4n) is 11.3. The summed E-state index contributed by atoms with van der Waals surface area (Å²) in [6, 6.07) is 0. The van der Waals surface area contributed by atoms with Crippen LogP contribution in [0.4, 0.5) is 0 Å². The summed E-state index contributed by atoms with van der Waals surface area (Å²) in [6.45, 7) is 14.9. The summed E-state index contributed by atoms with van der Waals surface area (Å²) < 4.78 is 6.12. The van der Waals surface area contributed by atoms with Crippen molar-refractivity contribution in [3.63, 3.8) is 0 Å². The molecule has 4 aliphatic carbocycles. The highest BCUT2D eigenvalue weighted by Gasteiger charge is 2.59. The Balaban J connectivity index is 1.14. The van der Waals surface area contributed by atoms with Crippen molar-refractivity contribution in [2.45, 2.75) is 208 Å². The zero-order valence-corrected chi connectivity index (χ0v) is 31.1. The standard InChI is InChI=1S/C43H76O2/c1-7-8-9-10-11-12-13-14-15-16-17-18-19-23-41(44)45-36-28-30-42(5)35(32-36)24-25-37-39-27-26-38(34(4)22-20-21-33(2)3)43(39,6)31-29-40(37)42/h24,33-34,36-40H,7-23,25-32H2,1-6H3/t34-,36+,37+,38-,39+,40+,42+,43-/m1/s1/i23+1,41+1. The molecule has 0 bridgehead atoms. The fraction of sp³-hybridized carbons (Fsp3) is 0.930. The van der Waals surface area contributed by atoms with E-state index < -0.39 is 0 Å². The topological polar surface area (TPSA) is 26.3 Å². The maximum Gasteiger partial charge on any atom is 0.306 e. The first kappa shape index (κ1) is 37.0. The molecule has 2 heteroatoms. The number of carbonyl (C=O) groups excluding carboxylic acids is 1. The molecule has 0 aromatic heterocycles. The minimum absolute atomic E-state index is 0.0638. The molecule has 0 aliphatic heterocycles. The van der Waals surface area contributed by atoms with Gasteiger partial charge in [-0.3, -0.25) is 4.79 Å². The number of hydrogen-bond donors (Lipinski definition) is 0. The van der Waals surface area contributed by atoms with Crippen LogP contribution in [0, 0.1) is 46.3 Å². The highest BCUT2D eigenvalue weighted by atomic mass is 16.6. The van der Waals surface area contributed by atoms with Crippen molar-refractivity contribution >= 4 is 5.97 Å². The molecule has 0 saturated heterocycles. The van der Waals surface area contributed by atoms with Crippen LogP contribution in [0.2, 0.25) is 0 Å². The predicted octanol–water partition coefficient (Wildman–Crippen LogP) is 13.4. The highest BCUT2D eigenvalue weighted by Crippen LogP contribution is 2.67. The molecule has 0 aromatic rings. The predicted molar refractivity (Wildman–Crippen MR) is 193 cm³/mol. The van der Waals surface area contributed by atoms with Crippen LogP contribution in [0.15, 0.2) is 11.6 Å². The van der Waals surface area contributed by atoms with E-state index in [0.29, 0.717) is 17.3 Å². The van der Waals surface area contributed by atoms with Gasteiger partial charge >= 0.3 is 5.97 Å². The molecule has 0 radical (unpaired) electrons. The fourth-order valence-corrected chi connectivity index (χ4v) is 11.3. The van der Waals surface area contributed by atoms with E-state index in [9.17, 15) is 4.79 Å². The molecular formula is C43H76O2. The van der Waals surface area contributed by atoms with E-state index in [1.54, 1.807) is 5.57 Å². The van der Waals surface area contributed by atoms with Crippen LogP contribution >= 0.6 is 0 Å². The van der Waals surface area contributed by atoms with Crippen LogP contribution < -0.4 is 0 Å². The Morgan fingerprint density at radius 2 is 1.42 bits per heavy atom. The SMILES string of the molecule is CCCCCCCCCCCCCC[13CH2][13C](=O)O[C@H]1CC[C@@]2(C)C(=CC[C@H]3[C@@H]4CC[C@H]([C@H](C)CCCC(C)C)[C@@]4(C)CC[C@@H]32)C1. The Morgan fingerprint density at radius 3 is 2.07 bits per heavy atom. The molecular weight excluding hydrogens is 550 g/mol. The summed E-state index contributed by atoms with van der Waals surface area (Å²) in [5, 5.41) is 0. The quantitative estimate of drug-likeness (QED) is 0.0581. The lowest BCUT2D eigenvalue weighted by Gasteiger charge is -2.58. The Kier molecular flexibility index (Phi) is 14.9. The van der Waals surface area contributed by atoms with Crippen molar-refractivity contribution in [1.29, 1.82) is 0 Å². The van der Waals surface area contributed by atoms with Crippen molar-refractivity contribution in [2.75, 3.05) is 0 Å². The van der Waals surface area contributed by atoms with Crippen LogP contribution in [0.3, 0.4) is 0 Å². The van der Waals surface area contributed by atoms with Crippen LogP contribution in [-0.2, 0) is 9.53 Å². The molecule has 0 heterocycles. The molecule has 3 saturated carbocycles. The van der Waals surface area contributed by atoms with Crippen molar-refractivity contribution in [1.82, 2.24) is 0 Å². The Labute approximate surface area is 281 Å². The number of fused-ring (bicyclic) bond motifs is 5. The van der Waals surface area contributed by atoms with Gasteiger partial charge in [-0.05, 0) is 97.7 Å². The zero-order chi connectivity index (χ0) is 32.3. The largest absolute Gasteiger partial charge is 0.462 e. The van der Waals surface area contributed by atoms with Crippen molar-refractivity contribution in [3.8, 4) is 0 Å². The Bertz CT molecular complexity index is 904. The number of rotatable bonds is 20. The third kappa shape index (κ3) is 9.87. The second-order valence-electron chi connectivity index (χ2n) is 17.6. The number of carbonyl (C=O) groups is 1. The summed E-state index contributed by atoms with van der Waals surface area (Å²) in [5.74, 6) is 5.34. The normalized spacial score (nSPS) is 33.3. The van der Waals surface area contributed by atoms with E-state index in [4.69, 9.17) is 4.74 Å². The molecule has 0 aromatic carbocycles. The second kappa shape index (κ2) is 18.1. The average Bonchev–Trinajstić information content (AvgIpc) is 3.37. The third-order valence-electron chi connectivity index (χ3n) is 14.0. The van der Waals surface area contributed by atoms with Gasteiger partial charge in [-0.15, -0.1) is 0 Å². The number of hydrogen-bond acceptors (Lipinski definition) is 2. The lowest BCUT2D eigenvalue weighted by Crippen LogP contribution is -2.51. The van der Waals surface area contributed by atoms with E-state index in [0.717, 1.165) is 54.8 Å². The first-order chi connectivity index (χ1) is 21.7. The van der Waals surface area contributed by atoms with Crippen molar-refractivity contribution < 1.29 is 9.53 Å². The van der Waals surface area contributed by atoms with Crippen molar-refractivity contribution in [3.05, 3.63) is 11.6 Å². The van der Waals surface area contributed by atoms with Gasteiger partial charge in [0.05, 0.1) is 0 Å². The monoisotopic (exact) mass is 627 g/mol. The van der Waals surface area contributed by atoms with Gasteiger partial charge in [0.25, 0.3) is 0 Å². The van der Waals surface area contributed by atoms with E-state index in [2.05, 4.69) is 47.6 Å². The first-order valence-electron chi connectivity index (χ1n) is 20.6. The van der Waals surface area contributed by atoms with Crippen LogP contribution in [0.1, 0.15) is 202 Å². The maximum absolute atomic E-state index is 12.8. The number of esters is 1. The van der Waals surface area contributed by atoms with Gasteiger partial charge < -0.3 is 4.74 Å². The lowest BCUT2D eigenvalue weighted by molar-refractivity contribution is -0.151. The van der Waals surface area contributed by atoms with Gasteiger partial charge in [0.15, 0.2) is 0 Å².